The molecule has 0 amide bonds. The van der Waals surface area contributed by atoms with Crippen molar-refractivity contribution in [3.8, 4) is 5.88 Å². The summed E-state index contributed by atoms with van der Waals surface area (Å²) in [7, 11) is 1.36. The van der Waals surface area contributed by atoms with E-state index in [0.717, 1.165) is 12.8 Å². The third kappa shape index (κ3) is 3.28. The highest BCUT2D eigenvalue weighted by molar-refractivity contribution is 5.90. The van der Waals surface area contributed by atoms with Crippen LogP contribution in [-0.2, 0) is 4.74 Å². The van der Waals surface area contributed by atoms with Crippen molar-refractivity contribution in [2.24, 2.45) is 11.7 Å². The molecule has 1 aliphatic rings. The van der Waals surface area contributed by atoms with E-state index in [-0.39, 0.29) is 12.1 Å². The molecule has 0 radical (unpaired) electrons. The normalized spacial score (nSPS) is 22.4. The zero-order valence-electron chi connectivity index (χ0n) is 12.1. The molecule has 110 valence electrons. The van der Waals surface area contributed by atoms with Gasteiger partial charge in [0.05, 0.1) is 18.4 Å². The average Bonchev–Trinajstić information content (AvgIpc) is 2.47. The van der Waals surface area contributed by atoms with Crippen LogP contribution in [0.25, 0.3) is 0 Å². The lowest BCUT2D eigenvalue weighted by Crippen LogP contribution is -2.35. The van der Waals surface area contributed by atoms with Gasteiger partial charge in [-0.1, -0.05) is 6.42 Å². The molecule has 2 N–H and O–H groups in total. The van der Waals surface area contributed by atoms with Gasteiger partial charge in [0.25, 0.3) is 0 Å². The second kappa shape index (κ2) is 6.70. The van der Waals surface area contributed by atoms with Crippen molar-refractivity contribution < 1.29 is 14.3 Å². The van der Waals surface area contributed by atoms with Crippen molar-refractivity contribution in [3.63, 3.8) is 0 Å². The molecule has 2 rings (SSSR count). The smallest absolute Gasteiger partial charge is 0.339 e. The third-order valence-electron chi connectivity index (χ3n) is 3.88. The number of nitrogens with two attached hydrogens (primary N) is 1. The lowest BCUT2D eigenvalue weighted by Gasteiger charge is -2.30. The van der Waals surface area contributed by atoms with Crippen LogP contribution >= 0.6 is 0 Å². The molecule has 1 fully saturated rings. The van der Waals surface area contributed by atoms with Gasteiger partial charge in [-0.2, -0.15) is 0 Å². The molecule has 0 aromatic carbocycles. The second-order valence-electron chi connectivity index (χ2n) is 5.21. The van der Waals surface area contributed by atoms with Crippen LogP contribution in [-0.4, -0.2) is 30.7 Å². The predicted molar refractivity (Wildman–Crippen MR) is 75.7 cm³/mol. The summed E-state index contributed by atoms with van der Waals surface area (Å²) in [5.41, 5.74) is 6.89. The number of aryl methyl sites for hydroxylation is 1. The molecule has 1 aromatic heterocycles. The standard InChI is InChI=1S/C15H22N2O3/c1-10-12(15(18)19-2)7-8-14(17-10)20-13-6-4-3-5-11(13)9-16/h7-8,11,13H,3-6,9,16H2,1-2H3. The van der Waals surface area contributed by atoms with Gasteiger partial charge in [-0.05, 0) is 38.8 Å². The fourth-order valence-electron chi connectivity index (χ4n) is 2.68. The lowest BCUT2D eigenvalue weighted by molar-refractivity contribution is 0.0598. The van der Waals surface area contributed by atoms with Crippen LogP contribution in [0.5, 0.6) is 5.88 Å². The molecule has 1 aromatic rings. The number of hydrogen-bond acceptors (Lipinski definition) is 5. The fraction of sp³-hybridized carbons (Fsp3) is 0.600. The Bertz CT molecular complexity index is 476. The fourth-order valence-corrected chi connectivity index (χ4v) is 2.68. The highest BCUT2D eigenvalue weighted by Gasteiger charge is 2.26. The van der Waals surface area contributed by atoms with E-state index < -0.39 is 0 Å². The van der Waals surface area contributed by atoms with Crippen molar-refractivity contribution in [1.29, 1.82) is 0 Å². The minimum atomic E-state index is -0.376. The minimum absolute atomic E-state index is 0.129. The summed E-state index contributed by atoms with van der Waals surface area (Å²) >= 11 is 0. The van der Waals surface area contributed by atoms with Gasteiger partial charge in [0.2, 0.25) is 5.88 Å². The summed E-state index contributed by atoms with van der Waals surface area (Å²) < 4.78 is 10.7. The molecular weight excluding hydrogens is 256 g/mol. The molecule has 20 heavy (non-hydrogen) atoms. The van der Waals surface area contributed by atoms with Crippen LogP contribution in [0.2, 0.25) is 0 Å². The van der Waals surface area contributed by atoms with Crippen molar-refractivity contribution in [2.45, 2.75) is 38.7 Å². The third-order valence-corrected chi connectivity index (χ3v) is 3.88. The van der Waals surface area contributed by atoms with Gasteiger partial charge in [0.15, 0.2) is 0 Å². The molecule has 5 nitrogen and oxygen atoms in total. The molecule has 2 unspecified atom stereocenters. The van der Waals surface area contributed by atoms with Crippen LogP contribution < -0.4 is 10.5 Å². The molecule has 1 saturated carbocycles. The van der Waals surface area contributed by atoms with E-state index in [1.54, 1.807) is 19.1 Å². The van der Waals surface area contributed by atoms with Gasteiger partial charge in [0, 0.05) is 12.0 Å². The van der Waals surface area contributed by atoms with Crippen LogP contribution in [0.3, 0.4) is 0 Å². The quantitative estimate of drug-likeness (QED) is 0.853. The summed E-state index contributed by atoms with van der Waals surface area (Å²) in [6.45, 7) is 2.42. The molecule has 1 aliphatic carbocycles. The molecule has 1 heterocycles. The van der Waals surface area contributed by atoms with Crippen molar-refractivity contribution in [2.75, 3.05) is 13.7 Å². The number of nitrogens with zero attached hydrogens (tertiary/aromatic N) is 1. The number of ether oxygens (including phenoxy) is 2. The highest BCUT2D eigenvalue weighted by Crippen LogP contribution is 2.27. The topological polar surface area (TPSA) is 74.4 Å². The Hall–Kier alpha value is -1.62. The zero-order valence-corrected chi connectivity index (χ0v) is 12.1. The van der Waals surface area contributed by atoms with Gasteiger partial charge in [-0.3, -0.25) is 0 Å². The van der Waals surface area contributed by atoms with E-state index in [0.29, 0.717) is 29.6 Å². The lowest BCUT2D eigenvalue weighted by atomic mass is 9.86. The maximum atomic E-state index is 11.5. The monoisotopic (exact) mass is 278 g/mol. The summed E-state index contributed by atoms with van der Waals surface area (Å²) in [6.07, 6.45) is 4.64. The minimum Gasteiger partial charge on any atom is -0.474 e. The van der Waals surface area contributed by atoms with E-state index in [4.69, 9.17) is 15.2 Å². The molecule has 5 heteroatoms. The Morgan fingerprint density at radius 3 is 2.80 bits per heavy atom. The first-order chi connectivity index (χ1) is 9.65. The Morgan fingerprint density at radius 2 is 2.15 bits per heavy atom. The number of esters is 1. The van der Waals surface area contributed by atoms with Crippen LogP contribution in [0.1, 0.15) is 41.7 Å². The van der Waals surface area contributed by atoms with E-state index in [1.165, 1.54) is 20.0 Å². The van der Waals surface area contributed by atoms with Crippen LogP contribution in [0.15, 0.2) is 12.1 Å². The largest absolute Gasteiger partial charge is 0.474 e. The number of rotatable bonds is 4. The first-order valence-electron chi connectivity index (χ1n) is 7.08. The Morgan fingerprint density at radius 1 is 1.40 bits per heavy atom. The molecule has 0 spiro atoms. The maximum absolute atomic E-state index is 11.5. The number of aromatic nitrogens is 1. The Kier molecular flexibility index (Phi) is 4.95. The number of carbonyl (C=O) groups excluding carboxylic acids is 1. The van der Waals surface area contributed by atoms with Crippen molar-refractivity contribution in [3.05, 3.63) is 23.4 Å². The molecule has 0 aliphatic heterocycles. The Labute approximate surface area is 119 Å². The van der Waals surface area contributed by atoms with Crippen LogP contribution in [0.4, 0.5) is 0 Å². The SMILES string of the molecule is COC(=O)c1ccc(OC2CCCCC2CN)nc1C. The number of pyridine rings is 1. The summed E-state index contributed by atoms with van der Waals surface area (Å²) in [4.78, 5) is 15.9. The van der Waals surface area contributed by atoms with E-state index in [2.05, 4.69) is 4.98 Å². The predicted octanol–water partition coefficient (Wildman–Crippen LogP) is 2.07. The molecule has 0 saturated heterocycles. The van der Waals surface area contributed by atoms with E-state index in [1.807, 2.05) is 0 Å². The van der Waals surface area contributed by atoms with Gasteiger partial charge in [0.1, 0.15) is 6.10 Å². The zero-order chi connectivity index (χ0) is 14.5. The van der Waals surface area contributed by atoms with Gasteiger partial charge < -0.3 is 15.2 Å². The summed E-state index contributed by atoms with van der Waals surface area (Å²) in [5, 5.41) is 0. The number of methoxy groups -OCH3 is 1. The first kappa shape index (κ1) is 14.8. The molecule has 0 bridgehead atoms. The van der Waals surface area contributed by atoms with E-state index >= 15 is 0 Å². The molecule has 2 atom stereocenters. The van der Waals surface area contributed by atoms with Gasteiger partial charge in [-0.25, -0.2) is 9.78 Å². The highest BCUT2D eigenvalue weighted by atomic mass is 16.5. The molecular formula is C15H22N2O3. The summed E-state index contributed by atoms with van der Waals surface area (Å²) in [6, 6.07) is 3.42. The van der Waals surface area contributed by atoms with Crippen molar-refractivity contribution >= 4 is 5.97 Å². The first-order valence-corrected chi connectivity index (χ1v) is 7.08. The van der Waals surface area contributed by atoms with Crippen LogP contribution in [0, 0.1) is 12.8 Å². The Balaban J connectivity index is 2.09. The second-order valence-corrected chi connectivity index (χ2v) is 5.21. The maximum Gasteiger partial charge on any atom is 0.339 e. The van der Waals surface area contributed by atoms with Crippen molar-refractivity contribution in [1.82, 2.24) is 4.98 Å². The summed E-state index contributed by atoms with van der Waals surface area (Å²) in [5.74, 6) is 0.575. The number of carbonyl (C=O) groups is 1. The number of hydrogen-bond donors (Lipinski definition) is 1. The van der Waals surface area contributed by atoms with Gasteiger partial charge >= 0.3 is 5.97 Å². The average molecular weight is 278 g/mol. The van der Waals surface area contributed by atoms with Gasteiger partial charge in [-0.15, -0.1) is 0 Å². The van der Waals surface area contributed by atoms with E-state index in [9.17, 15) is 4.79 Å².